The molecule has 0 saturated carbocycles. The number of hydrogen-bond acceptors (Lipinski definition) is 7. The molecular formula is C15H17FN4O3S3. The van der Waals surface area contributed by atoms with Crippen molar-refractivity contribution in [1.82, 2.24) is 10.2 Å². The van der Waals surface area contributed by atoms with Gasteiger partial charge < -0.3 is 0 Å². The Kier molecular flexibility index (Phi) is 6.73. The van der Waals surface area contributed by atoms with Crippen LogP contribution in [0.4, 0.5) is 15.2 Å². The van der Waals surface area contributed by atoms with Gasteiger partial charge in [-0.25, -0.2) is 12.8 Å². The van der Waals surface area contributed by atoms with E-state index in [1.54, 1.807) is 6.08 Å². The molecule has 0 aliphatic heterocycles. The summed E-state index contributed by atoms with van der Waals surface area (Å²) in [6.45, 7) is 5.02. The van der Waals surface area contributed by atoms with Crippen LogP contribution in [0.25, 0.3) is 0 Å². The smallest absolute Gasteiger partial charge is 0.249 e. The Balaban J connectivity index is 2.20. The van der Waals surface area contributed by atoms with Gasteiger partial charge in [-0.1, -0.05) is 35.2 Å². The van der Waals surface area contributed by atoms with Crippen LogP contribution in [-0.2, 0) is 14.8 Å². The second-order valence-electron chi connectivity index (χ2n) is 5.18. The summed E-state index contributed by atoms with van der Waals surface area (Å²) in [6.07, 6.45) is 2.67. The third kappa shape index (κ3) is 5.26. The number of carbonyl (C=O) groups excluding carboxylic acids is 1. The second kappa shape index (κ2) is 8.60. The number of benzene rings is 1. The molecule has 26 heavy (non-hydrogen) atoms. The summed E-state index contributed by atoms with van der Waals surface area (Å²) in [4.78, 5) is 12.5. The first kappa shape index (κ1) is 20.3. The molecule has 1 amide bonds. The van der Waals surface area contributed by atoms with Gasteiger partial charge in [-0.3, -0.25) is 14.4 Å². The summed E-state index contributed by atoms with van der Waals surface area (Å²) in [5, 5.41) is 10.6. The lowest BCUT2D eigenvalue weighted by molar-refractivity contribution is -0.116. The molecule has 0 saturated heterocycles. The molecule has 0 bridgehead atoms. The van der Waals surface area contributed by atoms with Crippen LogP contribution >= 0.6 is 23.1 Å². The Morgan fingerprint density at radius 1 is 1.50 bits per heavy atom. The fraction of sp³-hybridized carbons (Fsp3) is 0.267. The SMILES string of the molecule is C=CCSc1nnc(NC(=O)C(C)N(c2cccc(F)c2)S(C)(=O)=O)s1. The van der Waals surface area contributed by atoms with E-state index in [9.17, 15) is 17.6 Å². The molecular weight excluding hydrogens is 399 g/mol. The standard InChI is InChI=1S/C15H17FN4O3S3/c1-4-8-24-15-19-18-14(25-15)17-13(21)10(2)20(26(3,22)23)12-7-5-6-11(16)9-12/h4-7,9-10H,1,8H2,2-3H3,(H,17,18,21). The minimum absolute atomic E-state index is 0.0645. The predicted octanol–water partition coefficient (Wildman–Crippen LogP) is 2.75. The van der Waals surface area contributed by atoms with Gasteiger partial charge >= 0.3 is 0 Å². The van der Waals surface area contributed by atoms with E-state index in [1.165, 1.54) is 48.2 Å². The first-order valence-electron chi connectivity index (χ1n) is 7.35. The molecule has 1 N–H and O–H groups in total. The fourth-order valence-electron chi connectivity index (χ4n) is 2.08. The number of sulfonamides is 1. The van der Waals surface area contributed by atoms with E-state index >= 15 is 0 Å². The number of aromatic nitrogens is 2. The molecule has 2 rings (SSSR count). The molecule has 11 heteroatoms. The number of halogens is 1. The lowest BCUT2D eigenvalue weighted by Crippen LogP contribution is -2.45. The van der Waals surface area contributed by atoms with Crippen LogP contribution in [0.3, 0.4) is 0 Å². The summed E-state index contributed by atoms with van der Waals surface area (Å²) in [6, 6.07) is 3.93. The van der Waals surface area contributed by atoms with Gasteiger partial charge in [0.2, 0.25) is 21.1 Å². The maximum Gasteiger partial charge on any atom is 0.249 e. The van der Waals surface area contributed by atoms with E-state index in [0.29, 0.717) is 10.1 Å². The highest BCUT2D eigenvalue weighted by Gasteiger charge is 2.30. The Labute approximate surface area is 159 Å². The molecule has 0 radical (unpaired) electrons. The number of anilines is 2. The summed E-state index contributed by atoms with van der Waals surface area (Å²) in [7, 11) is -3.82. The first-order valence-corrected chi connectivity index (χ1v) is 11.0. The molecule has 2 aromatic rings. The Morgan fingerprint density at radius 2 is 2.23 bits per heavy atom. The Hall–Kier alpha value is -1.98. The van der Waals surface area contributed by atoms with Crippen LogP contribution in [0.5, 0.6) is 0 Å². The number of rotatable bonds is 8. The van der Waals surface area contributed by atoms with E-state index in [1.807, 2.05) is 0 Å². The summed E-state index contributed by atoms with van der Waals surface area (Å²) < 4.78 is 39.3. The second-order valence-corrected chi connectivity index (χ2v) is 9.28. The number of amides is 1. The third-order valence-electron chi connectivity index (χ3n) is 3.11. The number of carbonyl (C=O) groups is 1. The molecule has 7 nitrogen and oxygen atoms in total. The lowest BCUT2D eigenvalue weighted by atomic mass is 10.2. The minimum Gasteiger partial charge on any atom is -0.299 e. The normalized spacial score (nSPS) is 12.4. The molecule has 0 aliphatic rings. The van der Waals surface area contributed by atoms with E-state index in [2.05, 4.69) is 22.1 Å². The van der Waals surface area contributed by atoms with Crippen molar-refractivity contribution in [2.24, 2.45) is 0 Å². The van der Waals surface area contributed by atoms with Gasteiger partial charge in [0, 0.05) is 5.75 Å². The van der Waals surface area contributed by atoms with Crippen molar-refractivity contribution < 1.29 is 17.6 Å². The molecule has 0 spiro atoms. The Morgan fingerprint density at radius 3 is 2.85 bits per heavy atom. The number of nitrogens with one attached hydrogen (secondary N) is 1. The van der Waals surface area contributed by atoms with E-state index < -0.39 is 27.8 Å². The van der Waals surface area contributed by atoms with Gasteiger partial charge in [0.1, 0.15) is 11.9 Å². The predicted molar refractivity (Wildman–Crippen MR) is 103 cm³/mol. The molecule has 0 aliphatic carbocycles. The van der Waals surface area contributed by atoms with Crippen molar-refractivity contribution in [2.45, 2.75) is 17.3 Å². The van der Waals surface area contributed by atoms with Crippen LogP contribution < -0.4 is 9.62 Å². The molecule has 1 aromatic carbocycles. The third-order valence-corrected chi connectivity index (χ3v) is 6.32. The topological polar surface area (TPSA) is 92.3 Å². The van der Waals surface area contributed by atoms with Gasteiger partial charge in [-0.05, 0) is 25.1 Å². The van der Waals surface area contributed by atoms with Crippen molar-refractivity contribution in [3.8, 4) is 0 Å². The molecule has 1 heterocycles. The number of thioether (sulfide) groups is 1. The molecule has 1 aromatic heterocycles. The maximum atomic E-state index is 13.5. The van der Waals surface area contributed by atoms with Crippen LogP contribution in [0.2, 0.25) is 0 Å². The summed E-state index contributed by atoms with van der Waals surface area (Å²) >= 11 is 2.58. The van der Waals surface area contributed by atoms with Gasteiger partial charge in [-0.15, -0.1) is 16.8 Å². The van der Waals surface area contributed by atoms with Gasteiger partial charge in [0.05, 0.1) is 11.9 Å². The zero-order valence-electron chi connectivity index (χ0n) is 14.0. The molecule has 0 fully saturated rings. The van der Waals surface area contributed by atoms with Crippen molar-refractivity contribution in [3.63, 3.8) is 0 Å². The highest BCUT2D eigenvalue weighted by molar-refractivity contribution is 8.01. The van der Waals surface area contributed by atoms with Gasteiger partial charge in [0.25, 0.3) is 0 Å². The average molecular weight is 417 g/mol. The number of hydrogen-bond donors (Lipinski definition) is 1. The Bertz CT molecular complexity index is 901. The maximum absolute atomic E-state index is 13.5. The quantitative estimate of drug-likeness (QED) is 0.404. The minimum atomic E-state index is -3.82. The monoisotopic (exact) mass is 416 g/mol. The highest BCUT2D eigenvalue weighted by atomic mass is 32.2. The van der Waals surface area contributed by atoms with Gasteiger partial charge in [0.15, 0.2) is 4.34 Å². The van der Waals surface area contributed by atoms with Crippen molar-refractivity contribution in [3.05, 3.63) is 42.7 Å². The van der Waals surface area contributed by atoms with Gasteiger partial charge in [-0.2, -0.15) is 0 Å². The van der Waals surface area contributed by atoms with Crippen LogP contribution in [0.15, 0.2) is 41.3 Å². The van der Waals surface area contributed by atoms with Crippen molar-refractivity contribution >= 4 is 49.8 Å². The molecule has 1 atom stereocenters. The zero-order valence-corrected chi connectivity index (χ0v) is 16.5. The van der Waals surface area contributed by atoms with Crippen LogP contribution in [0.1, 0.15) is 6.92 Å². The molecule has 140 valence electrons. The number of nitrogens with zero attached hydrogens (tertiary/aromatic N) is 3. The van der Waals surface area contributed by atoms with Crippen LogP contribution in [0, 0.1) is 5.82 Å². The van der Waals surface area contributed by atoms with E-state index in [4.69, 9.17) is 0 Å². The van der Waals surface area contributed by atoms with E-state index in [-0.39, 0.29) is 10.8 Å². The van der Waals surface area contributed by atoms with Crippen LogP contribution in [-0.4, -0.2) is 42.6 Å². The molecule has 1 unspecified atom stereocenters. The average Bonchev–Trinajstić information content (AvgIpc) is 2.99. The lowest BCUT2D eigenvalue weighted by Gasteiger charge is -2.27. The van der Waals surface area contributed by atoms with Crippen molar-refractivity contribution in [2.75, 3.05) is 21.6 Å². The highest BCUT2D eigenvalue weighted by Crippen LogP contribution is 2.26. The fourth-order valence-corrected chi connectivity index (χ4v) is 4.76. The van der Waals surface area contributed by atoms with Crippen molar-refractivity contribution in [1.29, 1.82) is 0 Å². The van der Waals surface area contributed by atoms with E-state index in [0.717, 1.165) is 16.6 Å². The largest absolute Gasteiger partial charge is 0.299 e. The summed E-state index contributed by atoms with van der Waals surface area (Å²) in [5.41, 5.74) is 0.0645. The zero-order chi connectivity index (χ0) is 19.3. The summed E-state index contributed by atoms with van der Waals surface area (Å²) in [5.74, 6) is -0.548. The first-order chi connectivity index (χ1) is 12.2.